The zero-order valence-electron chi connectivity index (χ0n) is 34.1. The second kappa shape index (κ2) is 19.1. The summed E-state index contributed by atoms with van der Waals surface area (Å²) in [4.78, 5) is 20.9. The van der Waals surface area contributed by atoms with E-state index in [2.05, 4.69) is 141 Å². The molecule has 6 heteroatoms. The highest BCUT2D eigenvalue weighted by Gasteiger charge is 2.42. The van der Waals surface area contributed by atoms with Crippen LogP contribution in [-0.2, 0) is 4.79 Å². The molecule has 57 heavy (non-hydrogen) atoms. The van der Waals surface area contributed by atoms with Crippen molar-refractivity contribution in [1.29, 1.82) is 0 Å². The number of anilines is 2. The van der Waals surface area contributed by atoms with Gasteiger partial charge in [0.2, 0.25) is 0 Å². The third-order valence-corrected chi connectivity index (χ3v) is 13.1. The summed E-state index contributed by atoms with van der Waals surface area (Å²) in [6.07, 6.45) is 16.8. The summed E-state index contributed by atoms with van der Waals surface area (Å²) in [6, 6.07) is 37.6. The van der Waals surface area contributed by atoms with Gasteiger partial charge in [0, 0.05) is 46.9 Å². The van der Waals surface area contributed by atoms with Crippen molar-refractivity contribution in [3.05, 3.63) is 159 Å². The van der Waals surface area contributed by atoms with E-state index in [1.54, 1.807) is 11.1 Å². The van der Waals surface area contributed by atoms with E-state index in [4.69, 9.17) is 0 Å². The van der Waals surface area contributed by atoms with E-state index in [1.807, 2.05) is 11.8 Å². The molecule has 3 aliphatic rings. The molecule has 0 bridgehead atoms. The highest BCUT2D eigenvalue weighted by molar-refractivity contribution is 8.07. The molecule has 0 aromatic heterocycles. The summed E-state index contributed by atoms with van der Waals surface area (Å²) in [7, 11) is 0. The number of rotatable bonds is 16. The lowest BCUT2D eigenvalue weighted by molar-refractivity contribution is -0.124. The highest BCUT2D eigenvalue weighted by atomic mass is 32.2. The number of carbonyl (C=O) groups excluding carboxylic acids is 1. The fourth-order valence-corrected chi connectivity index (χ4v) is 10.1. The van der Waals surface area contributed by atoms with Gasteiger partial charge >= 0.3 is 0 Å². The molecule has 2 fully saturated rings. The summed E-state index contributed by atoms with van der Waals surface area (Å²) in [5, 5.41) is 12.5. The van der Waals surface area contributed by atoms with Crippen molar-refractivity contribution in [1.82, 2.24) is 9.80 Å². The molecule has 1 saturated heterocycles. The Morgan fingerprint density at radius 3 is 2.18 bits per heavy atom. The van der Waals surface area contributed by atoms with Gasteiger partial charge in [0.1, 0.15) is 0 Å². The molecule has 3 unspecified atom stereocenters. The Bertz CT molecular complexity index is 2050. The lowest BCUT2D eigenvalue weighted by Gasteiger charge is -2.27. The second-order valence-corrected chi connectivity index (χ2v) is 16.8. The van der Waals surface area contributed by atoms with Crippen molar-refractivity contribution in [3.63, 3.8) is 0 Å². The number of fused-ring (bicyclic) bond motifs is 3. The van der Waals surface area contributed by atoms with Crippen LogP contribution in [0.4, 0.5) is 11.4 Å². The number of carbonyl (C=O) groups is 1. The molecule has 1 amide bonds. The zero-order valence-corrected chi connectivity index (χ0v) is 34.9. The first kappa shape index (κ1) is 40.4. The van der Waals surface area contributed by atoms with Crippen LogP contribution in [-0.4, -0.2) is 46.2 Å². The molecule has 3 atom stereocenters. The first-order valence-corrected chi connectivity index (χ1v) is 22.1. The largest absolute Gasteiger partial charge is 0.369 e. The molecule has 296 valence electrons. The van der Waals surface area contributed by atoms with Crippen molar-refractivity contribution in [2.45, 2.75) is 103 Å². The summed E-state index contributed by atoms with van der Waals surface area (Å²) >= 11 is 1.54. The maximum Gasteiger partial charge on any atom is 0.256 e. The monoisotopic (exact) mass is 777 g/mol. The van der Waals surface area contributed by atoms with E-state index in [1.165, 1.54) is 95.9 Å². The van der Waals surface area contributed by atoms with Crippen LogP contribution in [0.15, 0.2) is 131 Å². The third kappa shape index (κ3) is 9.03. The van der Waals surface area contributed by atoms with Crippen LogP contribution in [0.2, 0.25) is 0 Å². The van der Waals surface area contributed by atoms with Gasteiger partial charge in [0.05, 0.1) is 5.03 Å². The normalized spacial score (nSPS) is 20.1. The number of unbranched alkanes of at least 4 members (excludes halogenated alkanes) is 5. The van der Waals surface area contributed by atoms with Crippen LogP contribution in [0.5, 0.6) is 0 Å². The minimum absolute atomic E-state index is 0.0302. The molecule has 0 spiro atoms. The number of nitrogens with zero attached hydrogens (tertiary/aromatic N) is 3. The first-order valence-electron chi connectivity index (χ1n) is 21.3. The van der Waals surface area contributed by atoms with Gasteiger partial charge in [-0.2, -0.15) is 0 Å². The lowest BCUT2D eigenvalue weighted by atomic mass is 9.95. The van der Waals surface area contributed by atoms with Crippen LogP contribution in [0, 0.1) is 0 Å². The smallest absolute Gasteiger partial charge is 0.256 e. The average Bonchev–Trinajstić information content (AvgIpc) is 3.93. The van der Waals surface area contributed by atoms with Gasteiger partial charge in [-0.1, -0.05) is 150 Å². The quantitative estimate of drug-likeness (QED) is 0.0697. The number of hydrogen-bond donors (Lipinski definition) is 1. The van der Waals surface area contributed by atoms with Gasteiger partial charge in [-0.15, -0.1) is 0 Å². The Morgan fingerprint density at radius 2 is 1.51 bits per heavy atom. The highest BCUT2D eigenvalue weighted by Crippen LogP contribution is 2.53. The van der Waals surface area contributed by atoms with Crippen molar-refractivity contribution in [2.24, 2.45) is 0 Å². The number of aliphatic hydroxyl groups excluding tert-OH is 1. The predicted octanol–water partition coefficient (Wildman–Crippen LogP) is 12.7. The molecule has 1 aliphatic carbocycles. The predicted molar refractivity (Wildman–Crippen MR) is 242 cm³/mol. The van der Waals surface area contributed by atoms with Crippen molar-refractivity contribution in [2.75, 3.05) is 18.0 Å². The van der Waals surface area contributed by atoms with E-state index in [9.17, 15) is 9.90 Å². The van der Waals surface area contributed by atoms with Crippen molar-refractivity contribution < 1.29 is 9.90 Å². The lowest BCUT2D eigenvalue weighted by Crippen LogP contribution is -2.33. The molecule has 2 aliphatic heterocycles. The number of thioether (sulfide) groups is 1. The van der Waals surface area contributed by atoms with E-state index in [-0.39, 0.29) is 5.91 Å². The van der Waals surface area contributed by atoms with E-state index in [0.29, 0.717) is 30.6 Å². The minimum atomic E-state index is -0.788. The Kier molecular flexibility index (Phi) is 13.5. The number of amides is 1. The molecule has 4 aromatic rings. The topological polar surface area (TPSA) is 47.0 Å². The van der Waals surface area contributed by atoms with Crippen LogP contribution < -0.4 is 4.90 Å². The molecular weight excluding hydrogens is 719 g/mol. The fourth-order valence-electron chi connectivity index (χ4n) is 8.92. The fraction of sp³-hybridized carbons (Fsp3) is 0.353. The van der Waals surface area contributed by atoms with Crippen molar-refractivity contribution in [3.8, 4) is 0 Å². The molecular formula is C51H59N3O2S. The molecule has 7 rings (SSSR count). The second-order valence-electron chi connectivity index (χ2n) is 15.8. The van der Waals surface area contributed by atoms with Crippen LogP contribution in [0.1, 0.15) is 119 Å². The molecule has 2 heterocycles. The third-order valence-electron chi connectivity index (χ3n) is 11.8. The van der Waals surface area contributed by atoms with E-state index in [0.717, 1.165) is 34.8 Å². The standard InChI is InChI=1S/C51H59N3O2S/c1-5-8-9-10-11-18-33-52(7-3)49(55)37(4)51-53(32-6-2)50(56)48(57-51)36-39-28-31-47-45(35-39)43-24-19-25-46(43)54(47)42-29-26-38(27-30-42)34-44(40-20-14-12-15-21-40)41-22-16-13-17-23-41/h7,12-17,20-23,26-31,34-36,43,46,50,56H,3,5-6,8-11,18-19,24-25,32-33H2,1-2,4H3. The summed E-state index contributed by atoms with van der Waals surface area (Å²) in [5.74, 6) is 0.447. The molecule has 5 nitrogen and oxygen atoms in total. The van der Waals surface area contributed by atoms with Gasteiger partial charge in [-0.05, 0) is 109 Å². The van der Waals surface area contributed by atoms with Crippen LogP contribution in [0.3, 0.4) is 0 Å². The van der Waals surface area contributed by atoms with Gasteiger partial charge in [-0.25, -0.2) is 0 Å². The Morgan fingerprint density at radius 1 is 0.842 bits per heavy atom. The zero-order chi connectivity index (χ0) is 39.7. The average molecular weight is 778 g/mol. The maximum atomic E-state index is 13.8. The minimum Gasteiger partial charge on any atom is -0.369 e. The van der Waals surface area contributed by atoms with Gasteiger partial charge < -0.3 is 19.8 Å². The van der Waals surface area contributed by atoms with Gasteiger partial charge in [-0.3, -0.25) is 4.79 Å². The van der Waals surface area contributed by atoms with Crippen LogP contribution >= 0.6 is 11.8 Å². The Hall–Kier alpha value is -4.78. The molecule has 0 radical (unpaired) electrons. The van der Waals surface area contributed by atoms with Gasteiger partial charge in [0.25, 0.3) is 5.91 Å². The van der Waals surface area contributed by atoms with E-state index >= 15 is 0 Å². The summed E-state index contributed by atoms with van der Waals surface area (Å²) in [6.45, 7) is 11.6. The molecule has 1 N–H and O–H groups in total. The number of benzene rings is 4. The van der Waals surface area contributed by atoms with Crippen LogP contribution in [0.25, 0.3) is 17.7 Å². The SMILES string of the molecule is C=CN(CCCCCCCC)C(=O)C(C)=C1SC(=Cc2ccc3c(c2)C2CCCC2N3c2ccc(C=C(c3ccccc3)c3ccccc3)cc2)C(O)N1CCC. The maximum absolute atomic E-state index is 13.8. The number of hydrogen-bond acceptors (Lipinski definition) is 5. The van der Waals surface area contributed by atoms with Crippen molar-refractivity contribution >= 4 is 46.8 Å². The number of aliphatic hydroxyl groups is 1. The Labute approximate surface area is 345 Å². The Balaban J connectivity index is 1.12. The molecule has 4 aromatic carbocycles. The summed E-state index contributed by atoms with van der Waals surface area (Å²) < 4.78 is 0. The first-order chi connectivity index (χ1) is 27.9. The molecule has 1 saturated carbocycles. The van der Waals surface area contributed by atoms with Gasteiger partial charge in [0.15, 0.2) is 6.23 Å². The summed E-state index contributed by atoms with van der Waals surface area (Å²) in [5.41, 5.74) is 10.5. The van der Waals surface area contributed by atoms with E-state index < -0.39 is 6.23 Å².